The van der Waals surface area contributed by atoms with E-state index in [1.165, 1.54) is 56.4 Å². The maximum atomic E-state index is 11.7. The minimum Gasteiger partial charge on any atom is -0.326 e. The Hall–Kier alpha value is -1.35. The van der Waals surface area contributed by atoms with E-state index < -0.39 is 0 Å². The molecule has 0 bridgehead atoms. The zero-order valence-corrected chi connectivity index (χ0v) is 18.3. The first kappa shape index (κ1) is 19.9. The Morgan fingerprint density at radius 3 is 2.82 bits per heavy atom. The summed E-state index contributed by atoms with van der Waals surface area (Å²) in [5, 5.41) is 3.07. The van der Waals surface area contributed by atoms with Gasteiger partial charge in [0.05, 0.1) is 0 Å². The molecule has 1 aromatic carbocycles. The SMILES string of the molecule is CCC1C(C)CC(CN2CCC(c3ccc4c(c3)NC(=O)CC4)C2)CC1(C)C. The number of anilines is 1. The van der Waals surface area contributed by atoms with Gasteiger partial charge < -0.3 is 10.2 Å². The fourth-order valence-electron chi connectivity index (χ4n) is 6.81. The maximum absolute atomic E-state index is 11.7. The number of fused-ring (bicyclic) bond motifs is 1. The van der Waals surface area contributed by atoms with Crippen molar-refractivity contribution in [1.82, 2.24) is 4.90 Å². The lowest BCUT2D eigenvalue weighted by Crippen LogP contribution is -2.41. The molecule has 0 spiro atoms. The molecule has 1 amide bonds. The first-order valence-electron chi connectivity index (χ1n) is 11.5. The summed E-state index contributed by atoms with van der Waals surface area (Å²) in [6.07, 6.45) is 6.85. The molecule has 2 fully saturated rings. The van der Waals surface area contributed by atoms with Crippen LogP contribution in [-0.2, 0) is 11.2 Å². The van der Waals surface area contributed by atoms with Crippen LogP contribution in [0.1, 0.15) is 76.8 Å². The van der Waals surface area contributed by atoms with Gasteiger partial charge in [-0.05, 0) is 78.5 Å². The number of amides is 1. The first-order chi connectivity index (χ1) is 13.4. The third-order valence-electron chi connectivity index (χ3n) is 7.94. The van der Waals surface area contributed by atoms with E-state index in [1.54, 1.807) is 0 Å². The van der Waals surface area contributed by atoms with E-state index in [4.69, 9.17) is 0 Å². The largest absolute Gasteiger partial charge is 0.326 e. The molecule has 1 saturated heterocycles. The van der Waals surface area contributed by atoms with Gasteiger partial charge >= 0.3 is 0 Å². The van der Waals surface area contributed by atoms with E-state index in [-0.39, 0.29) is 5.91 Å². The van der Waals surface area contributed by atoms with Crippen molar-refractivity contribution in [2.45, 2.75) is 72.1 Å². The van der Waals surface area contributed by atoms with Crippen molar-refractivity contribution in [1.29, 1.82) is 0 Å². The highest BCUT2D eigenvalue weighted by Crippen LogP contribution is 2.48. The number of rotatable bonds is 4. The van der Waals surface area contributed by atoms with Crippen LogP contribution in [0.4, 0.5) is 5.69 Å². The van der Waals surface area contributed by atoms with Gasteiger partial charge in [-0.2, -0.15) is 0 Å². The predicted molar refractivity (Wildman–Crippen MR) is 117 cm³/mol. The van der Waals surface area contributed by atoms with E-state index in [0.717, 1.165) is 29.9 Å². The van der Waals surface area contributed by atoms with Crippen LogP contribution in [0, 0.1) is 23.2 Å². The highest BCUT2D eigenvalue weighted by molar-refractivity contribution is 5.94. The number of aryl methyl sites for hydroxylation is 1. The Morgan fingerprint density at radius 2 is 2.07 bits per heavy atom. The lowest BCUT2D eigenvalue weighted by atomic mass is 9.60. The molecule has 3 heteroatoms. The second kappa shape index (κ2) is 7.82. The lowest BCUT2D eigenvalue weighted by Gasteiger charge is -2.47. The molecule has 0 radical (unpaired) electrons. The van der Waals surface area contributed by atoms with Gasteiger partial charge in [0.15, 0.2) is 0 Å². The fourth-order valence-corrected chi connectivity index (χ4v) is 6.81. The second-order valence-electron chi connectivity index (χ2n) is 10.5. The average molecular weight is 383 g/mol. The third-order valence-corrected chi connectivity index (χ3v) is 7.94. The van der Waals surface area contributed by atoms with Crippen molar-refractivity contribution in [3.8, 4) is 0 Å². The monoisotopic (exact) mass is 382 g/mol. The molecule has 4 rings (SSSR count). The van der Waals surface area contributed by atoms with Gasteiger partial charge in [-0.3, -0.25) is 4.79 Å². The molecule has 3 aliphatic rings. The first-order valence-corrected chi connectivity index (χ1v) is 11.5. The van der Waals surface area contributed by atoms with Crippen molar-refractivity contribution >= 4 is 11.6 Å². The number of carbonyl (C=O) groups excluding carboxylic acids is 1. The summed E-state index contributed by atoms with van der Waals surface area (Å²) in [6.45, 7) is 13.5. The van der Waals surface area contributed by atoms with Crippen molar-refractivity contribution < 1.29 is 4.79 Å². The molecule has 4 unspecified atom stereocenters. The van der Waals surface area contributed by atoms with Gasteiger partial charge in [-0.25, -0.2) is 0 Å². The van der Waals surface area contributed by atoms with Crippen LogP contribution in [-0.4, -0.2) is 30.4 Å². The quantitative estimate of drug-likeness (QED) is 0.750. The molecule has 2 aliphatic heterocycles. The Balaban J connectivity index is 1.37. The molecule has 1 saturated carbocycles. The van der Waals surface area contributed by atoms with Crippen molar-refractivity contribution in [3.63, 3.8) is 0 Å². The molecule has 4 atom stereocenters. The number of nitrogens with one attached hydrogen (secondary N) is 1. The number of carbonyl (C=O) groups is 1. The van der Waals surface area contributed by atoms with Crippen molar-refractivity contribution in [2.75, 3.05) is 25.0 Å². The Bertz CT molecular complexity index is 725. The van der Waals surface area contributed by atoms with Crippen molar-refractivity contribution in [2.24, 2.45) is 23.2 Å². The van der Waals surface area contributed by atoms with Crippen LogP contribution in [0.15, 0.2) is 18.2 Å². The van der Waals surface area contributed by atoms with Crippen LogP contribution in [0.25, 0.3) is 0 Å². The van der Waals surface area contributed by atoms with Gasteiger partial charge in [0.2, 0.25) is 5.91 Å². The summed E-state index contributed by atoms with van der Waals surface area (Å²) in [6, 6.07) is 6.79. The molecule has 28 heavy (non-hydrogen) atoms. The molecule has 1 aromatic rings. The lowest BCUT2D eigenvalue weighted by molar-refractivity contribution is -0.116. The number of hydrogen-bond donors (Lipinski definition) is 1. The summed E-state index contributed by atoms with van der Waals surface area (Å²) < 4.78 is 0. The Morgan fingerprint density at radius 1 is 1.25 bits per heavy atom. The molecule has 3 nitrogen and oxygen atoms in total. The topological polar surface area (TPSA) is 32.3 Å². The minimum atomic E-state index is 0.164. The number of nitrogens with zero attached hydrogens (tertiary/aromatic N) is 1. The van der Waals surface area contributed by atoms with Crippen LogP contribution < -0.4 is 5.32 Å². The number of likely N-dealkylation sites (tertiary alicyclic amines) is 1. The molecule has 0 aromatic heterocycles. The van der Waals surface area contributed by atoms with E-state index in [0.29, 0.717) is 17.8 Å². The number of benzene rings is 1. The third kappa shape index (κ3) is 4.01. The van der Waals surface area contributed by atoms with Gasteiger partial charge in [-0.15, -0.1) is 0 Å². The Labute approximate surface area is 171 Å². The minimum absolute atomic E-state index is 0.164. The highest BCUT2D eigenvalue weighted by Gasteiger charge is 2.40. The summed E-state index contributed by atoms with van der Waals surface area (Å²) in [4.78, 5) is 14.4. The standard InChI is InChI=1S/C25H38N2O/c1-5-22-17(2)12-18(14-25(22,3)4)15-27-11-10-21(16-27)20-7-6-19-8-9-24(28)26-23(19)13-20/h6-7,13,17-18,21-22H,5,8-12,14-16H2,1-4H3,(H,26,28). The zero-order chi connectivity index (χ0) is 19.9. The van der Waals surface area contributed by atoms with Crippen molar-refractivity contribution in [3.05, 3.63) is 29.3 Å². The van der Waals surface area contributed by atoms with Gasteiger partial charge in [0.25, 0.3) is 0 Å². The van der Waals surface area contributed by atoms with E-state index >= 15 is 0 Å². The van der Waals surface area contributed by atoms with E-state index in [9.17, 15) is 4.79 Å². The summed E-state index contributed by atoms with van der Waals surface area (Å²) in [5.74, 6) is 3.34. The van der Waals surface area contributed by atoms with E-state index in [1.807, 2.05) is 0 Å². The predicted octanol–water partition coefficient (Wildman–Crippen LogP) is 5.46. The molecular weight excluding hydrogens is 344 g/mol. The van der Waals surface area contributed by atoms with Crippen LogP contribution in [0.3, 0.4) is 0 Å². The molecule has 1 N–H and O–H groups in total. The summed E-state index contributed by atoms with van der Waals surface area (Å²) >= 11 is 0. The molecule has 2 heterocycles. The second-order valence-corrected chi connectivity index (χ2v) is 10.5. The average Bonchev–Trinajstić information content (AvgIpc) is 3.08. The Kier molecular flexibility index (Phi) is 5.57. The smallest absolute Gasteiger partial charge is 0.224 e. The van der Waals surface area contributed by atoms with E-state index in [2.05, 4.69) is 56.1 Å². The zero-order valence-electron chi connectivity index (χ0n) is 18.3. The fraction of sp³-hybridized carbons (Fsp3) is 0.720. The van der Waals surface area contributed by atoms with Crippen LogP contribution >= 0.6 is 0 Å². The van der Waals surface area contributed by atoms with Gasteiger partial charge in [-0.1, -0.05) is 46.2 Å². The molecule has 154 valence electrons. The molecule has 1 aliphatic carbocycles. The van der Waals surface area contributed by atoms with Gasteiger partial charge in [0, 0.05) is 25.2 Å². The normalized spacial score (nSPS) is 32.8. The molecular formula is C25H38N2O. The van der Waals surface area contributed by atoms with Crippen LogP contribution in [0.2, 0.25) is 0 Å². The maximum Gasteiger partial charge on any atom is 0.224 e. The highest BCUT2D eigenvalue weighted by atomic mass is 16.1. The number of hydrogen-bond acceptors (Lipinski definition) is 2. The van der Waals surface area contributed by atoms with Crippen LogP contribution in [0.5, 0.6) is 0 Å². The van der Waals surface area contributed by atoms with Gasteiger partial charge in [0.1, 0.15) is 0 Å². The summed E-state index contributed by atoms with van der Waals surface area (Å²) in [5.41, 5.74) is 4.24. The summed E-state index contributed by atoms with van der Waals surface area (Å²) in [7, 11) is 0.